The molecule has 0 radical (unpaired) electrons. The van der Waals surface area contributed by atoms with E-state index in [-0.39, 0.29) is 12.2 Å². The summed E-state index contributed by atoms with van der Waals surface area (Å²) in [5.41, 5.74) is 0. The molecule has 0 amide bonds. The van der Waals surface area contributed by atoms with Crippen LogP contribution < -0.4 is 0 Å². The molecule has 0 aliphatic carbocycles. The van der Waals surface area contributed by atoms with E-state index in [2.05, 4.69) is 0 Å². The molecule has 2 N–H and O–H groups in total. The highest BCUT2D eigenvalue weighted by Gasteiger charge is 2.64. The number of rotatable bonds is 1. The van der Waals surface area contributed by atoms with Crippen LogP contribution in [0.25, 0.3) is 0 Å². The zero-order chi connectivity index (χ0) is 16.0. The minimum atomic E-state index is -0.853. The Morgan fingerprint density at radius 2 is 1.04 bits per heavy atom. The second kappa shape index (κ2) is 5.13. The fourth-order valence-corrected chi connectivity index (χ4v) is 4.27. The number of hydrogen-bond acceptors (Lipinski definition) is 10. The molecule has 6 rings (SSSR count). The highest BCUT2D eigenvalue weighted by atomic mass is 16.8. The van der Waals surface area contributed by atoms with Crippen molar-refractivity contribution in [1.29, 1.82) is 0 Å². The van der Waals surface area contributed by atoms with E-state index in [1.807, 2.05) is 0 Å². The van der Waals surface area contributed by atoms with Gasteiger partial charge in [0.15, 0.2) is 12.6 Å². The van der Waals surface area contributed by atoms with Crippen LogP contribution in [0, 0.1) is 0 Å². The van der Waals surface area contributed by atoms with Gasteiger partial charge in [-0.15, -0.1) is 0 Å². The van der Waals surface area contributed by atoms with Gasteiger partial charge in [-0.1, -0.05) is 0 Å². The number of hydrogen-bond donors (Lipinski definition) is 2. The first-order chi connectivity index (χ1) is 11.7. The molecule has 24 heavy (non-hydrogen) atoms. The summed E-state index contributed by atoms with van der Waals surface area (Å²) in [5.74, 6) is 0. The molecule has 0 aromatic rings. The summed E-state index contributed by atoms with van der Waals surface area (Å²) in [6.07, 6.45) is -6.08. The lowest BCUT2D eigenvalue weighted by Gasteiger charge is -2.48. The third-order valence-electron chi connectivity index (χ3n) is 5.47. The van der Waals surface area contributed by atoms with Crippen LogP contribution in [0.4, 0.5) is 0 Å². The average molecular weight is 342 g/mol. The van der Waals surface area contributed by atoms with Gasteiger partial charge in [-0.2, -0.15) is 0 Å². The Morgan fingerprint density at radius 3 is 1.50 bits per heavy atom. The maximum absolute atomic E-state index is 10.3. The predicted molar refractivity (Wildman–Crippen MR) is 72.2 cm³/mol. The monoisotopic (exact) mass is 342 g/mol. The van der Waals surface area contributed by atoms with Crippen LogP contribution in [0.5, 0.6) is 0 Å². The van der Waals surface area contributed by atoms with Crippen LogP contribution in [0.1, 0.15) is 0 Å². The van der Waals surface area contributed by atoms with Crippen molar-refractivity contribution in [3.05, 3.63) is 0 Å². The van der Waals surface area contributed by atoms with Crippen molar-refractivity contribution in [2.75, 3.05) is 13.2 Å². The van der Waals surface area contributed by atoms with E-state index in [0.29, 0.717) is 13.2 Å². The van der Waals surface area contributed by atoms with Gasteiger partial charge < -0.3 is 47.8 Å². The lowest BCUT2D eigenvalue weighted by Crippen LogP contribution is -2.71. The summed E-state index contributed by atoms with van der Waals surface area (Å²) in [5, 5.41) is 20.6. The highest BCUT2D eigenvalue weighted by molar-refractivity contribution is 7.10. The Balaban J connectivity index is 1.25. The molecule has 10 nitrogen and oxygen atoms in total. The number of ether oxygens (including phenoxy) is 4. The molecule has 6 saturated heterocycles. The smallest absolute Gasteiger partial charge is 0.405 e. The quantitative estimate of drug-likeness (QED) is 0.474. The zero-order valence-corrected chi connectivity index (χ0v) is 12.5. The third kappa shape index (κ3) is 1.92. The van der Waals surface area contributed by atoms with Crippen LogP contribution in [-0.2, 0) is 37.6 Å². The average Bonchev–Trinajstić information content (AvgIpc) is 3.20. The van der Waals surface area contributed by atoms with E-state index in [9.17, 15) is 10.2 Å². The maximum Gasteiger partial charge on any atom is 0.488 e. The van der Waals surface area contributed by atoms with Crippen LogP contribution in [0.3, 0.4) is 0 Å². The van der Waals surface area contributed by atoms with Crippen molar-refractivity contribution in [2.45, 2.75) is 61.4 Å². The molecule has 4 unspecified atom stereocenters. The van der Waals surface area contributed by atoms with Crippen molar-refractivity contribution in [2.24, 2.45) is 0 Å². The molecule has 6 fully saturated rings. The van der Waals surface area contributed by atoms with E-state index >= 15 is 0 Å². The van der Waals surface area contributed by atoms with Crippen molar-refractivity contribution < 1.29 is 47.8 Å². The summed E-state index contributed by atoms with van der Waals surface area (Å²) in [7, 11) is -1.71. The molecule has 12 heteroatoms. The van der Waals surface area contributed by atoms with Gasteiger partial charge in [0, 0.05) is 0 Å². The third-order valence-corrected chi connectivity index (χ3v) is 5.47. The molecular formula is C12H16B2O10. The SMILES string of the molecule is O[C@@H]1C2OB(B3OC4[C@H]5OC[C@@H](O5)C(O3)[C@@H]4O)OC1[C@@H]1CO[C@@H]2O1. The summed E-state index contributed by atoms with van der Waals surface area (Å²) >= 11 is 0. The first kappa shape index (κ1) is 14.9. The van der Waals surface area contributed by atoms with Gasteiger partial charge in [0.05, 0.1) is 25.4 Å². The van der Waals surface area contributed by atoms with Gasteiger partial charge in [-0.05, 0) is 0 Å². The second-order valence-electron chi connectivity index (χ2n) is 6.87. The van der Waals surface area contributed by atoms with E-state index < -0.39 is 63.2 Å². The minimum absolute atomic E-state index is 0.343. The predicted octanol–water partition coefficient (Wildman–Crippen LogP) is -3.16. The van der Waals surface area contributed by atoms with Gasteiger partial charge in [-0.3, -0.25) is 0 Å². The summed E-state index contributed by atoms with van der Waals surface area (Å²) in [6.45, 7) is 0.697. The lowest BCUT2D eigenvalue weighted by molar-refractivity contribution is -0.253. The molecule has 8 bridgehead atoms. The molecule has 6 aliphatic rings. The molecule has 0 saturated carbocycles. The summed E-state index contributed by atoms with van der Waals surface area (Å²) < 4.78 is 45.5. The highest BCUT2D eigenvalue weighted by Crippen LogP contribution is 2.40. The standard InChI is InChI=1S/C12H16B2O10/c15-5-7-3-1-17-11(19-3)9(5)23-13(21-7)14-22-8-4-2-18-12(20-4)10(24-14)6(8)16/h3-12,15-16H,1-2H2/t3-,4+,5-,6-,7?,8?,9?,10?,11+,12-/m0/s1. The van der Waals surface area contributed by atoms with Gasteiger partial charge >= 0.3 is 14.0 Å². The fraction of sp³-hybridized carbons (Fsp3) is 1.00. The molecule has 130 valence electrons. The molecule has 10 atom stereocenters. The topological polar surface area (TPSA) is 114 Å². The van der Waals surface area contributed by atoms with E-state index in [1.165, 1.54) is 0 Å². The Labute approximate surface area is 137 Å². The Hall–Kier alpha value is -0.270. The summed E-state index contributed by atoms with van der Waals surface area (Å²) in [6, 6.07) is 0. The summed E-state index contributed by atoms with van der Waals surface area (Å²) in [4.78, 5) is 0. The Bertz CT molecular complexity index is 454. The second-order valence-corrected chi connectivity index (χ2v) is 6.87. The molecule has 0 aromatic heterocycles. The first-order valence-electron chi connectivity index (χ1n) is 8.21. The maximum atomic E-state index is 10.3. The Kier molecular flexibility index (Phi) is 3.18. The molecule has 0 spiro atoms. The van der Waals surface area contributed by atoms with Crippen molar-refractivity contribution in [3.63, 3.8) is 0 Å². The van der Waals surface area contributed by atoms with Crippen molar-refractivity contribution >= 4 is 14.0 Å². The van der Waals surface area contributed by atoms with Crippen LogP contribution in [0.2, 0.25) is 0 Å². The largest absolute Gasteiger partial charge is 0.488 e. The van der Waals surface area contributed by atoms with Crippen molar-refractivity contribution in [1.82, 2.24) is 0 Å². The van der Waals surface area contributed by atoms with Crippen LogP contribution in [-0.4, -0.2) is 98.9 Å². The number of aliphatic hydroxyl groups excluding tert-OH is 2. The number of fused-ring (bicyclic) bond motifs is 12. The van der Waals surface area contributed by atoms with Gasteiger partial charge in [0.2, 0.25) is 0 Å². The molecule has 6 aliphatic heterocycles. The molecule has 6 heterocycles. The van der Waals surface area contributed by atoms with Crippen molar-refractivity contribution in [3.8, 4) is 0 Å². The van der Waals surface area contributed by atoms with Gasteiger partial charge in [0.25, 0.3) is 0 Å². The zero-order valence-electron chi connectivity index (χ0n) is 12.5. The van der Waals surface area contributed by atoms with Crippen LogP contribution >= 0.6 is 0 Å². The molecule has 0 aromatic carbocycles. The minimum Gasteiger partial charge on any atom is -0.405 e. The van der Waals surface area contributed by atoms with E-state index in [1.54, 1.807) is 0 Å². The van der Waals surface area contributed by atoms with Gasteiger partial charge in [-0.25, -0.2) is 0 Å². The normalized spacial score (nSPS) is 58.2. The molecular weight excluding hydrogens is 326 g/mol. The Morgan fingerprint density at radius 1 is 0.625 bits per heavy atom. The van der Waals surface area contributed by atoms with E-state index in [4.69, 9.17) is 37.6 Å². The number of aliphatic hydroxyl groups is 2. The van der Waals surface area contributed by atoms with Crippen LogP contribution in [0.15, 0.2) is 0 Å². The fourth-order valence-electron chi connectivity index (χ4n) is 4.27. The lowest BCUT2D eigenvalue weighted by atomic mass is 9.46. The van der Waals surface area contributed by atoms with E-state index in [0.717, 1.165) is 0 Å². The van der Waals surface area contributed by atoms with Gasteiger partial charge in [0.1, 0.15) is 36.6 Å². The first-order valence-corrected chi connectivity index (χ1v) is 8.21.